The number of nitrogens with one attached hydrogen (secondary N) is 1. The van der Waals surface area contributed by atoms with Crippen molar-refractivity contribution in [3.63, 3.8) is 0 Å². The topological polar surface area (TPSA) is 84.2 Å². The minimum Gasteiger partial charge on any atom is -0.377 e. The molecule has 22 heavy (non-hydrogen) atoms. The lowest BCUT2D eigenvalue weighted by molar-refractivity contribution is -0.655. The van der Waals surface area contributed by atoms with Gasteiger partial charge in [-0.25, -0.2) is 0 Å². The van der Waals surface area contributed by atoms with Gasteiger partial charge in [0.25, 0.3) is 5.69 Å². The zero-order valence-corrected chi connectivity index (χ0v) is 12.7. The first-order valence-electron chi connectivity index (χ1n) is 7.94. The van der Waals surface area contributed by atoms with E-state index in [0.29, 0.717) is 12.2 Å². The minimum absolute atomic E-state index is 0.130. The van der Waals surface area contributed by atoms with Crippen molar-refractivity contribution in [2.75, 3.05) is 49.5 Å². The molecule has 3 N–H and O–H groups in total. The summed E-state index contributed by atoms with van der Waals surface area (Å²) in [5, 5.41) is 16.7. The van der Waals surface area contributed by atoms with Crippen LogP contribution >= 0.6 is 0 Å². The van der Waals surface area contributed by atoms with Crippen molar-refractivity contribution in [1.82, 2.24) is 0 Å². The smallest absolute Gasteiger partial charge is 0.292 e. The quantitative estimate of drug-likeness (QED) is 0.614. The van der Waals surface area contributed by atoms with E-state index in [1.165, 1.54) is 0 Å². The molecule has 2 aliphatic heterocycles. The van der Waals surface area contributed by atoms with Gasteiger partial charge in [0.1, 0.15) is 5.69 Å². The van der Waals surface area contributed by atoms with Gasteiger partial charge < -0.3 is 20.3 Å². The number of anilines is 2. The molecule has 2 fully saturated rings. The Morgan fingerprint density at radius 3 is 2.91 bits per heavy atom. The van der Waals surface area contributed by atoms with Gasteiger partial charge in [0.15, 0.2) is 0 Å². The minimum atomic E-state index is -0.328. The van der Waals surface area contributed by atoms with Crippen molar-refractivity contribution in [1.29, 1.82) is 0 Å². The number of quaternary nitrogens is 1. The van der Waals surface area contributed by atoms with Crippen molar-refractivity contribution < 1.29 is 15.0 Å². The second-order valence-electron chi connectivity index (χ2n) is 5.83. The molecule has 2 aliphatic rings. The third-order valence-electron chi connectivity index (χ3n) is 4.29. The predicted octanol–water partition coefficient (Wildman–Crippen LogP) is 0.569. The molecule has 2 heterocycles. The summed E-state index contributed by atoms with van der Waals surface area (Å²) in [7, 11) is 0. The van der Waals surface area contributed by atoms with E-state index in [4.69, 9.17) is 4.74 Å². The van der Waals surface area contributed by atoms with E-state index in [0.717, 1.165) is 51.3 Å². The average Bonchev–Trinajstić information content (AvgIpc) is 3.07. The number of piperazine rings is 1. The number of hydrogen-bond acceptors (Lipinski definition) is 5. The van der Waals surface area contributed by atoms with Gasteiger partial charge in [0, 0.05) is 24.9 Å². The largest absolute Gasteiger partial charge is 0.377 e. The molecule has 3 rings (SSSR count). The summed E-state index contributed by atoms with van der Waals surface area (Å²) in [6.45, 7) is 5.49. The zero-order valence-electron chi connectivity index (χ0n) is 12.7. The molecule has 0 amide bonds. The number of benzene rings is 1. The van der Waals surface area contributed by atoms with E-state index in [9.17, 15) is 10.1 Å². The highest BCUT2D eigenvalue weighted by Crippen LogP contribution is 2.30. The van der Waals surface area contributed by atoms with Gasteiger partial charge in [-0.3, -0.25) is 10.1 Å². The summed E-state index contributed by atoms with van der Waals surface area (Å²) in [6, 6.07) is 5.35. The first kappa shape index (κ1) is 15.1. The van der Waals surface area contributed by atoms with Crippen LogP contribution in [0.1, 0.15) is 12.8 Å². The highest BCUT2D eigenvalue weighted by molar-refractivity contribution is 5.69. The summed E-state index contributed by atoms with van der Waals surface area (Å²) in [6.07, 6.45) is 2.24. The van der Waals surface area contributed by atoms with Crippen LogP contribution in [0.5, 0.6) is 0 Å². The first-order valence-corrected chi connectivity index (χ1v) is 7.94. The Labute approximate surface area is 129 Å². The second kappa shape index (κ2) is 6.93. The number of nitro benzene ring substituents is 1. The van der Waals surface area contributed by atoms with Crippen LogP contribution in [0.15, 0.2) is 18.2 Å². The fourth-order valence-electron chi connectivity index (χ4n) is 3.06. The SMILES string of the molecule is O=[N+]([O-])c1ccc(N2CC[NH2+]CC2)cc1NC[C@@H]1CCCO1. The molecule has 1 aromatic carbocycles. The molecular formula is C15H23N4O3+. The third kappa shape index (κ3) is 3.48. The van der Waals surface area contributed by atoms with Gasteiger partial charge >= 0.3 is 0 Å². The molecule has 1 aromatic rings. The third-order valence-corrected chi connectivity index (χ3v) is 4.29. The summed E-state index contributed by atoms with van der Waals surface area (Å²) in [5.41, 5.74) is 1.77. The standard InChI is InChI=1S/C15H22N4O3/c20-19(21)15-4-3-12(18-7-5-16-6-8-18)10-14(15)17-11-13-2-1-9-22-13/h3-4,10,13,16-17H,1-2,5-9,11H2/p+1/t13-/m0/s1. The molecule has 0 radical (unpaired) electrons. The fourth-order valence-corrected chi connectivity index (χ4v) is 3.06. The molecule has 2 saturated heterocycles. The molecule has 7 heteroatoms. The number of nitrogens with two attached hydrogens (primary N) is 1. The van der Waals surface area contributed by atoms with E-state index >= 15 is 0 Å². The normalized spacial score (nSPS) is 21.8. The van der Waals surface area contributed by atoms with E-state index < -0.39 is 0 Å². The fraction of sp³-hybridized carbons (Fsp3) is 0.600. The van der Waals surface area contributed by atoms with Crippen LogP contribution in [0.3, 0.4) is 0 Å². The van der Waals surface area contributed by atoms with Crippen molar-refractivity contribution >= 4 is 17.1 Å². The molecule has 0 unspecified atom stereocenters. The Hall–Kier alpha value is -1.86. The number of hydrogen-bond donors (Lipinski definition) is 2. The molecule has 0 aromatic heterocycles. The lowest BCUT2D eigenvalue weighted by Gasteiger charge is -2.27. The number of nitro groups is 1. The van der Waals surface area contributed by atoms with Crippen LogP contribution < -0.4 is 15.5 Å². The van der Waals surface area contributed by atoms with Crippen LogP contribution in [0.4, 0.5) is 17.1 Å². The Bertz CT molecular complexity index is 526. The van der Waals surface area contributed by atoms with Crippen LogP contribution in [0.25, 0.3) is 0 Å². The number of nitrogens with zero attached hydrogens (tertiary/aromatic N) is 2. The van der Waals surface area contributed by atoms with E-state index in [1.54, 1.807) is 6.07 Å². The Morgan fingerprint density at radius 2 is 2.23 bits per heavy atom. The summed E-state index contributed by atoms with van der Waals surface area (Å²) >= 11 is 0. The first-order chi connectivity index (χ1) is 10.7. The number of ether oxygens (including phenoxy) is 1. The summed E-state index contributed by atoms with van der Waals surface area (Å²) in [5.74, 6) is 0. The molecular weight excluding hydrogens is 284 g/mol. The summed E-state index contributed by atoms with van der Waals surface area (Å²) < 4.78 is 5.57. The van der Waals surface area contributed by atoms with Crippen molar-refractivity contribution in [2.45, 2.75) is 18.9 Å². The average molecular weight is 307 g/mol. The van der Waals surface area contributed by atoms with Crippen LogP contribution in [0.2, 0.25) is 0 Å². The maximum atomic E-state index is 11.2. The zero-order chi connectivity index (χ0) is 15.4. The molecule has 0 saturated carbocycles. The van der Waals surface area contributed by atoms with Crippen molar-refractivity contribution in [3.05, 3.63) is 28.3 Å². The molecule has 7 nitrogen and oxygen atoms in total. The van der Waals surface area contributed by atoms with Gasteiger partial charge in [-0.15, -0.1) is 0 Å². The van der Waals surface area contributed by atoms with Crippen molar-refractivity contribution in [3.8, 4) is 0 Å². The van der Waals surface area contributed by atoms with Gasteiger partial charge in [-0.1, -0.05) is 0 Å². The maximum absolute atomic E-state index is 11.2. The Balaban J connectivity index is 1.75. The van der Waals surface area contributed by atoms with Gasteiger partial charge in [-0.05, 0) is 25.0 Å². The van der Waals surface area contributed by atoms with Crippen LogP contribution in [-0.4, -0.2) is 50.4 Å². The highest BCUT2D eigenvalue weighted by atomic mass is 16.6. The van der Waals surface area contributed by atoms with Gasteiger partial charge in [-0.2, -0.15) is 0 Å². The maximum Gasteiger partial charge on any atom is 0.292 e. The Morgan fingerprint density at radius 1 is 1.41 bits per heavy atom. The van der Waals surface area contributed by atoms with Crippen molar-refractivity contribution in [2.24, 2.45) is 0 Å². The second-order valence-corrected chi connectivity index (χ2v) is 5.83. The van der Waals surface area contributed by atoms with Crippen LogP contribution in [-0.2, 0) is 4.74 Å². The van der Waals surface area contributed by atoms with Gasteiger partial charge in [0.2, 0.25) is 0 Å². The van der Waals surface area contributed by atoms with Gasteiger partial charge in [0.05, 0.1) is 37.2 Å². The summed E-state index contributed by atoms with van der Waals surface area (Å²) in [4.78, 5) is 13.2. The van der Waals surface area contributed by atoms with E-state index in [-0.39, 0.29) is 16.7 Å². The molecule has 0 aliphatic carbocycles. The lowest BCUT2D eigenvalue weighted by Crippen LogP contribution is -2.89. The Kier molecular flexibility index (Phi) is 4.74. The molecule has 120 valence electrons. The highest BCUT2D eigenvalue weighted by Gasteiger charge is 2.21. The van der Waals surface area contributed by atoms with Crippen LogP contribution in [0, 0.1) is 10.1 Å². The molecule has 0 spiro atoms. The van der Waals surface area contributed by atoms with E-state index in [2.05, 4.69) is 15.5 Å². The monoisotopic (exact) mass is 307 g/mol. The lowest BCUT2D eigenvalue weighted by atomic mass is 10.2. The predicted molar refractivity (Wildman–Crippen MR) is 84.4 cm³/mol. The molecule has 1 atom stereocenters. The number of rotatable bonds is 5. The van der Waals surface area contributed by atoms with E-state index in [1.807, 2.05) is 12.1 Å². The molecule has 0 bridgehead atoms.